The SMILES string of the molecule is C[N+](C)(CCOCCc1ccccc1)Cc1cnc(C(c2ccccc2)C2CCCCC2)o1. The van der Waals surface area contributed by atoms with Gasteiger partial charge in [0.1, 0.15) is 13.1 Å². The molecule has 176 valence electrons. The monoisotopic (exact) mass is 447 g/mol. The first-order valence-corrected chi connectivity index (χ1v) is 12.5. The van der Waals surface area contributed by atoms with Gasteiger partial charge in [0.05, 0.1) is 39.4 Å². The Bertz CT molecular complexity index is 946. The number of rotatable bonds is 11. The number of ether oxygens (including phenoxy) is 1. The standard InChI is InChI=1S/C29H39N2O2/c1-31(2,19-21-32-20-18-24-12-6-3-7-13-24)23-27-22-30-29(33-27)28(25-14-8-4-9-15-25)26-16-10-5-11-17-26/h3-4,6-9,12-15,22,26,28H,5,10-11,16-21,23H2,1-2H3/q+1. The molecular weight excluding hydrogens is 408 g/mol. The molecule has 4 rings (SSSR count). The highest BCUT2D eigenvalue weighted by molar-refractivity contribution is 5.26. The van der Waals surface area contributed by atoms with Gasteiger partial charge in [-0.3, -0.25) is 0 Å². The first-order valence-electron chi connectivity index (χ1n) is 12.5. The molecule has 0 spiro atoms. The second-order valence-corrected chi connectivity index (χ2v) is 10.1. The molecule has 0 radical (unpaired) electrons. The number of quaternary nitrogens is 1. The summed E-state index contributed by atoms with van der Waals surface area (Å²) in [5.41, 5.74) is 2.66. The molecule has 0 amide bonds. The zero-order valence-corrected chi connectivity index (χ0v) is 20.3. The Kier molecular flexibility index (Phi) is 8.35. The smallest absolute Gasteiger partial charge is 0.202 e. The lowest BCUT2D eigenvalue weighted by atomic mass is 9.77. The number of aromatic nitrogens is 1. The molecule has 4 nitrogen and oxygen atoms in total. The predicted molar refractivity (Wildman–Crippen MR) is 133 cm³/mol. The molecule has 3 aromatic rings. The molecule has 1 unspecified atom stereocenters. The minimum absolute atomic E-state index is 0.261. The summed E-state index contributed by atoms with van der Waals surface area (Å²) >= 11 is 0. The van der Waals surface area contributed by atoms with E-state index in [-0.39, 0.29) is 5.92 Å². The number of hydrogen-bond acceptors (Lipinski definition) is 3. The van der Waals surface area contributed by atoms with Crippen molar-refractivity contribution in [2.45, 2.75) is 51.0 Å². The molecule has 0 N–H and O–H groups in total. The third-order valence-electron chi connectivity index (χ3n) is 6.92. The minimum Gasteiger partial charge on any atom is -0.439 e. The molecule has 33 heavy (non-hydrogen) atoms. The zero-order valence-electron chi connectivity index (χ0n) is 20.3. The third kappa shape index (κ3) is 7.02. The second kappa shape index (κ2) is 11.6. The Hall–Kier alpha value is -2.43. The van der Waals surface area contributed by atoms with E-state index in [1.54, 1.807) is 0 Å². The summed E-state index contributed by atoms with van der Waals surface area (Å²) in [7, 11) is 4.47. The summed E-state index contributed by atoms with van der Waals surface area (Å²) in [5, 5.41) is 0. The fraction of sp³-hybridized carbons (Fsp3) is 0.483. The quantitative estimate of drug-likeness (QED) is 0.258. The number of hydrogen-bond donors (Lipinski definition) is 0. The Morgan fingerprint density at radius 2 is 1.64 bits per heavy atom. The van der Waals surface area contributed by atoms with E-state index in [2.05, 4.69) is 74.8 Å². The molecule has 1 aliphatic carbocycles. The molecule has 1 atom stereocenters. The lowest BCUT2D eigenvalue weighted by Gasteiger charge is -2.29. The maximum absolute atomic E-state index is 6.41. The maximum Gasteiger partial charge on any atom is 0.202 e. The van der Waals surface area contributed by atoms with Gasteiger partial charge in [-0.15, -0.1) is 0 Å². The van der Waals surface area contributed by atoms with Crippen LogP contribution in [0.15, 0.2) is 71.3 Å². The normalized spacial score (nSPS) is 16.1. The summed E-state index contributed by atoms with van der Waals surface area (Å²) in [6, 6.07) is 21.3. The number of nitrogens with zero attached hydrogens (tertiary/aromatic N) is 2. The Labute approximate surface area is 199 Å². The van der Waals surface area contributed by atoms with E-state index in [0.717, 1.165) is 48.9 Å². The zero-order chi connectivity index (χ0) is 22.9. The van der Waals surface area contributed by atoms with Gasteiger partial charge in [-0.05, 0) is 36.3 Å². The van der Waals surface area contributed by atoms with Crippen molar-refractivity contribution in [2.75, 3.05) is 33.9 Å². The van der Waals surface area contributed by atoms with Gasteiger partial charge in [-0.2, -0.15) is 0 Å². The molecule has 1 aromatic heterocycles. The fourth-order valence-corrected chi connectivity index (χ4v) is 5.03. The van der Waals surface area contributed by atoms with Crippen LogP contribution in [0.1, 0.15) is 60.8 Å². The molecule has 0 bridgehead atoms. The van der Waals surface area contributed by atoms with Gasteiger partial charge >= 0.3 is 0 Å². The number of likely N-dealkylation sites (N-methyl/N-ethyl adjacent to an activating group) is 1. The van der Waals surface area contributed by atoms with Gasteiger partial charge < -0.3 is 13.6 Å². The average molecular weight is 448 g/mol. The fourth-order valence-electron chi connectivity index (χ4n) is 5.03. The van der Waals surface area contributed by atoms with E-state index in [9.17, 15) is 0 Å². The van der Waals surface area contributed by atoms with Crippen LogP contribution in [0.25, 0.3) is 0 Å². The van der Waals surface area contributed by atoms with E-state index >= 15 is 0 Å². The lowest BCUT2D eigenvalue weighted by Crippen LogP contribution is -2.41. The van der Waals surface area contributed by atoms with Gasteiger partial charge in [0.2, 0.25) is 5.89 Å². The molecule has 1 saturated carbocycles. The van der Waals surface area contributed by atoms with Crippen molar-refractivity contribution < 1.29 is 13.6 Å². The highest BCUT2D eigenvalue weighted by atomic mass is 16.5. The maximum atomic E-state index is 6.41. The van der Waals surface area contributed by atoms with Crippen LogP contribution in [-0.4, -0.2) is 43.3 Å². The van der Waals surface area contributed by atoms with E-state index in [4.69, 9.17) is 14.1 Å². The second-order valence-electron chi connectivity index (χ2n) is 10.1. The summed E-state index contributed by atoms with van der Waals surface area (Å²) in [6.07, 6.45) is 9.42. The molecule has 2 aromatic carbocycles. The van der Waals surface area contributed by atoms with Gasteiger partial charge in [0.15, 0.2) is 5.76 Å². The van der Waals surface area contributed by atoms with Crippen LogP contribution in [0.5, 0.6) is 0 Å². The van der Waals surface area contributed by atoms with Crippen LogP contribution in [0.4, 0.5) is 0 Å². The van der Waals surface area contributed by atoms with Gasteiger partial charge in [0, 0.05) is 0 Å². The Morgan fingerprint density at radius 3 is 2.36 bits per heavy atom. The van der Waals surface area contributed by atoms with Crippen LogP contribution >= 0.6 is 0 Å². The summed E-state index contributed by atoms with van der Waals surface area (Å²) in [6.45, 7) is 3.27. The van der Waals surface area contributed by atoms with E-state index in [1.807, 2.05) is 6.20 Å². The minimum atomic E-state index is 0.261. The molecule has 0 aliphatic heterocycles. The Morgan fingerprint density at radius 1 is 0.939 bits per heavy atom. The number of benzene rings is 2. The molecule has 0 saturated heterocycles. The summed E-state index contributed by atoms with van der Waals surface area (Å²) < 4.78 is 13.2. The van der Waals surface area contributed by atoms with E-state index < -0.39 is 0 Å². The first-order chi connectivity index (χ1) is 16.1. The third-order valence-corrected chi connectivity index (χ3v) is 6.92. The van der Waals surface area contributed by atoms with Gasteiger partial charge in [0.25, 0.3) is 0 Å². The molecular formula is C29H39N2O2+. The first kappa shape index (κ1) is 23.7. The highest BCUT2D eigenvalue weighted by Gasteiger charge is 2.31. The Balaban J connectivity index is 1.33. The molecule has 4 heteroatoms. The van der Waals surface area contributed by atoms with Crippen LogP contribution in [0, 0.1) is 5.92 Å². The molecule has 1 heterocycles. The van der Waals surface area contributed by atoms with Gasteiger partial charge in [-0.1, -0.05) is 79.9 Å². The van der Waals surface area contributed by atoms with E-state index in [1.165, 1.54) is 43.2 Å². The van der Waals surface area contributed by atoms with Crippen molar-refractivity contribution in [1.29, 1.82) is 0 Å². The van der Waals surface area contributed by atoms with Crippen molar-refractivity contribution in [3.63, 3.8) is 0 Å². The van der Waals surface area contributed by atoms with Crippen LogP contribution in [0.2, 0.25) is 0 Å². The average Bonchev–Trinajstić information content (AvgIpc) is 3.28. The van der Waals surface area contributed by atoms with Crippen molar-refractivity contribution >= 4 is 0 Å². The summed E-state index contributed by atoms with van der Waals surface area (Å²) in [4.78, 5) is 4.79. The van der Waals surface area contributed by atoms with Crippen molar-refractivity contribution in [3.05, 3.63) is 89.6 Å². The molecule has 1 aliphatic rings. The van der Waals surface area contributed by atoms with Crippen LogP contribution in [0.3, 0.4) is 0 Å². The lowest BCUT2D eigenvalue weighted by molar-refractivity contribution is -0.904. The highest BCUT2D eigenvalue weighted by Crippen LogP contribution is 2.40. The van der Waals surface area contributed by atoms with Crippen molar-refractivity contribution in [2.24, 2.45) is 5.92 Å². The van der Waals surface area contributed by atoms with Crippen LogP contribution < -0.4 is 0 Å². The topological polar surface area (TPSA) is 35.3 Å². The predicted octanol–water partition coefficient (Wildman–Crippen LogP) is 6.22. The van der Waals surface area contributed by atoms with Crippen molar-refractivity contribution in [3.8, 4) is 0 Å². The largest absolute Gasteiger partial charge is 0.439 e. The van der Waals surface area contributed by atoms with E-state index in [0.29, 0.717) is 5.92 Å². The van der Waals surface area contributed by atoms with Crippen LogP contribution in [-0.2, 0) is 17.7 Å². The van der Waals surface area contributed by atoms with Crippen molar-refractivity contribution in [1.82, 2.24) is 4.98 Å². The molecule has 1 fully saturated rings. The van der Waals surface area contributed by atoms with Gasteiger partial charge in [-0.25, -0.2) is 4.98 Å². The number of oxazole rings is 1. The summed E-state index contributed by atoms with van der Waals surface area (Å²) in [5.74, 6) is 2.74.